The number of carbonyl (C=O) groups is 1. The Balaban J connectivity index is 1.61. The standard InChI is InChI=1S/C18H19N3O3S/c22-16(11-20-12-19-13-7-10-25-17(13)18(20)23)21-8-3-1-2-5-14(21)15-6-4-9-24-15/h4,6-7,9-10,12,14H,1-3,5,8,11H2/t14-/m1/s1. The highest BCUT2D eigenvalue weighted by atomic mass is 32.1. The van der Waals surface area contributed by atoms with Crippen molar-refractivity contribution in [2.24, 2.45) is 0 Å². The molecule has 25 heavy (non-hydrogen) atoms. The van der Waals surface area contributed by atoms with Crippen LogP contribution in [0.4, 0.5) is 0 Å². The first-order valence-electron chi connectivity index (χ1n) is 8.49. The van der Waals surface area contributed by atoms with Crippen molar-refractivity contribution >= 4 is 27.5 Å². The number of fused-ring (bicyclic) bond motifs is 1. The predicted molar refractivity (Wildman–Crippen MR) is 95.5 cm³/mol. The second-order valence-electron chi connectivity index (χ2n) is 6.28. The zero-order valence-corrected chi connectivity index (χ0v) is 14.6. The van der Waals surface area contributed by atoms with Gasteiger partial charge in [-0.2, -0.15) is 0 Å². The second-order valence-corrected chi connectivity index (χ2v) is 7.20. The lowest BCUT2D eigenvalue weighted by atomic mass is 10.1. The van der Waals surface area contributed by atoms with Gasteiger partial charge in [-0.1, -0.05) is 12.8 Å². The summed E-state index contributed by atoms with van der Waals surface area (Å²) in [5, 5.41) is 1.84. The Bertz CT molecular complexity index is 929. The summed E-state index contributed by atoms with van der Waals surface area (Å²) in [5.74, 6) is 0.748. The van der Waals surface area contributed by atoms with Gasteiger partial charge in [0, 0.05) is 6.54 Å². The molecule has 3 aromatic heterocycles. The molecule has 1 aliphatic rings. The number of amides is 1. The third-order valence-electron chi connectivity index (χ3n) is 4.69. The summed E-state index contributed by atoms with van der Waals surface area (Å²) in [6, 6.07) is 5.53. The third-order valence-corrected chi connectivity index (χ3v) is 5.58. The summed E-state index contributed by atoms with van der Waals surface area (Å²) >= 11 is 1.36. The van der Waals surface area contributed by atoms with Crippen molar-refractivity contribution in [1.82, 2.24) is 14.5 Å². The number of aromatic nitrogens is 2. The largest absolute Gasteiger partial charge is 0.467 e. The van der Waals surface area contributed by atoms with Gasteiger partial charge in [0.15, 0.2) is 0 Å². The molecule has 130 valence electrons. The van der Waals surface area contributed by atoms with Crippen molar-refractivity contribution in [2.75, 3.05) is 6.54 Å². The van der Waals surface area contributed by atoms with Gasteiger partial charge in [-0.15, -0.1) is 11.3 Å². The maximum Gasteiger partial charge on any atom is 0.271 e. The fourth-order valence-electron chi connectivity index (χ4n) is 3.41. The number of hydrogen-bond acceptors (Lipinski definition) is 5. The lowest BCUT2D eigenvalue weighted by Crippen LogP contribution is -2.39. The molecule has 0 N–H and O–H groups in total. The number of carbonyl (C=O) groups excluding carboxylic acids is 1. The van der Waals surface area contributed by atoms with Gasteiger partial charge in [-0.25, -0.2) is 4.98 Å². The van der Waals surface area contributed by atoms with Gasteiger partial charge in [0.1, 0.15) is 17.0 Å². The molecule has 6 nitrogen and oxygen atoms in total. The number of hydrogen-bond donors (Lipinski definition) is 0. The molecule has 4 rings (SSSR count). The highest BCUT2D eigenvalue weighted by Crippen LogP contribution is 2.30. The minimum atomic E-state index is -0.155. The zero-order chi connectivity index (χ0) is 17.2. The minimum Gasteiger partial charge on any atom is -0.467 e. The molecule has 1 fully saturated rings. The Morgan fingerprint density at radius 3 is 3.08 bits per heavy atom. The number of thiophene rings is 1. The van der Waals surface area contributed by atoms with Gasteiger partial charge in [-0.3, -0.25) is 14.2 Å². The molecule has 0 saturated carbocycles. The van der Waals surface area contributed by atoms with Crippen molar-refractivity contribution in [3.8, 4) is 0 Å². The highest BCUT2D eigenvalue weighted by Gasteiger charge is 2.28. The Kier molecular flexibility index (Phi) is 4.40. The fraction of sp³-hybridized carbons (Fsp3) is 0.389. The molecule has 1 aliphatic heterocycles. The van der Waals surface area contributed by atoms with Gasteiger partial charge in [0.2, 0.25) is 5.91 Å². The molecule has 0 aliphatic carbocycles. The molecule has 3 aromatic rings. The van der Waals surface area contributed by atoms with Crippen molar-refractivity contribution in [3.05, 3.63) is 52.3 Å². The monoisotopic (exact) mass is 357 g/mol. The Morgan fingerprint density at radius 2 is 2.24 bits per heavy atom. The maximum absolute atomic E-state index is 13.0. The molecule has 0 aromatic carbocycles. The topological polar surface area (TPSA) is 68.3 Å². The van der Waals surface area contributed by atoms with Crippen molar-refractivity contribution in [3.63, 3.8) is 0 Å². The van der Waals surface area contributed by atoms with Crippen LogP contribution in [0, 0.1) is 0 Å². The smallest absolute Gasteiger partial charge is 0.271 e. The molecule has 1 atom stereocenters. The van der Waals surface area contributed by atoms with Crippen LogP contribution in [0.3, 0.4) is 0 Å². The third kappa shape index (κ3) is 3.11. The van der Waals surface area contributed by atoms with Gasteiger partial charge in [0.05, 0.1) is 24.1 Å². The van der Waals surface area contributed by atoms with Crippen LogP contribution < -0.4 is 5.56 Å². The van der Waals surface area contributed by atoms with E-state index in [9.17, 15) is 9.59 Å². The average Bonchev–Trinajstić information content (AvgIpc) is 3.25. The van der Waals surface area contributed by atoms with E-state index in [4.69, 9.17) is 4.42 Å². The summed E-state index contributed by atoms with van der Waals surface area (Å²) in [6.45, 7) is 0.699. The Hall–Kier alpha value is -2.41. The first kappa shape index (κ1) is 16.1. The number of furan rings is 1. The van der Waals surface area contributed by atoms with Crippen LogP contribution >= 0.6 is 11.3 Å². The summed E-state index contributed by atoms with van der Waals surface area (Å²) in [7, 11) is 0. The molecule has 7 heteroatoms. The van der Waals surface area contributed by atoms with E-state index in [2.05, 4.69) is 4.98 Å². The molecule has 4 heterocycles. The quantitative estimate of drug-likeness (QED) is 0.722. The lowest BCUT2D eigenvalue weighted by Gasteiger charge is -2.28. The first-order valence-corrected chi connectivity index (χ1v) is 9.37. The van der Waals surface area contributed by atoms with Gasteiger partial charge >= 0.3 is 0 Å². The summed E-state index contributed by atoms with van der Waals surface area (Å²) in [5.41, 5.74) is 0.527. The molecule has 0 unspecified atom stereocenters. The summed E-state index contributed by atoms with van der Waals surface area (Å²) < 4.78 is 7.56. The van der Waals surface area contributed by atoms with Gasteiger partial charge in [-0.05, 0) is 36.4 Å². The van der Waals surface area contributed by atoms with Crippen molar-refractivity contribution < 1.29 is 9.21 Å². The lowest BCUT2D eigenvalue weighted by molar-refractivity contribution is -0.134. The summed E-state index contributed by atoms with van der Waals surface area (Å²) in [4.78, 5) is 31.6. The highest BCUT2D eigenvalue weighted by molar-refractivity contribution is 7.17. The molecule has 0 radical (unpaired) electrons. The molecule has 1 amide bonds. The molecular weight excluding hydrogens is 338 g/mol. The van der Waals surface area contributed by atoms with Crippen LogP contribution in [0.15, 0.2) is 45.4 Å². The normalized spacial score (nSPS) is 18.4. The fourth-order valence-corrected chi connectivity index (χ4v) is 4.20. The maximum atomic E-state index is 13.0. The van der Waals surface area contributed by atoms with Crippen LogP contribution in [0.5, 0.6) is 0 Å². The number of rotatable bonds is 3. The predicted octanol–water partition coefficient (Wildman–Crippen LogP) is 3.19. The zero-order valence-electron chi connectivity index (χ0n) is 13.8. The van der Waals surface area contributed by atoms with E-state index in [1.54, 1.807) is 6.26 Å². The second kappa shape index (κ2) is 6.84. The van der Waals surface area contributed by atoms with E-state index in [0.717, 1.165) is 31.4 Å². The van der Waals surface area contributed by atoms with Crippen LogP contribution in [0.2, 0.25) is 0 Å². The minimum absolute atomic E-state index is 0.0108. The van der Waals surface area contributed by atoms with E-state index in [1.165, 1.54) is 22.2 Å². The van der Waals surface area contributed by atoms with E-state index in [1.807, 2.05) is 28.5 Å². The van der Waals surface area contributed by atoms with Crippen LogP contribution in [0.25, 0.3) is 10.2 Å². The van der Waals surface area contributed by atoms with E-state index in [-0.39, 0.29) is 24.1 Å². The molecule has 0 bridgehead atoms. The SMILES string of the molecule is O=C(Cn1cnc2ccsc2c1=O)N1CCCCC[C@@H]1c1ccco1. The Labute approximate surface area is 148 Å². The summed E-state index contributed by atoms with van der Waals surface area (Å²) in [6.07, 6.45) is 7.13. The van der Waals surface area contributed by atoms with E-state index < -0.39 is 0 Å². The van der Waals surface area contributed by atoms with E-state index in [0.29, 0.717) is 16.8 Å². The molecule has 1 saturated heterocycles. The van der Waals surface area contributed by atoms with Crippen molar-refractivity contribution in [1.29, 1.82) is 0 Å². The Morgan fingerprint density at radius 1 is 1.32 bits per heavy atom. The van der Waals surface area contributed by atoms with Crippen molar-refractivity contribution in [2.45, 2.75) is 38.3 Å². The number of likely N-dealkylation sites (tertiary alicyclic amines) is 1. The average molecular weight is 357 g/mol. The van der Waals surface area contributed by atoms with Gasteiger partial charge in [0.25, 0.3) is 5.56 Å². The van der Waals surface area contributed by atoms with Crippen LogP contribution in [0.1, 0.15) is 37.5 Å². The van der Waals surface area contributed by atoms with Crippen LogP contribution in [-0.4, -0.2) is 26.9 Å². The first-order chi connectivity index (χ1) is 12.2. The molecule has 0 spiro atoms. The molecular formula is C18H19N3O3S. The van der Waals surface area contributed by atoms with Crippen LogP contribution in [-0.2, 0) is 11.3 Å². The number of nitrogens with zero attached hydrogens (tertiary/aromatic N) is 3. The van der Waals surface area contributed by atoms with Gasteiger partial charge < -0.3 is 9.32 Å². The van der Waals surface area contributed by atoms with E-state index >= 15 is 0 Å².